The van der Waals surface area contributed by atoms with Gasteiger partial charge in [-0.2, -0.15) is 0 Å². The van der Waals surface area contributed by atoms with Gasteiger partial charge in [-0.15, -0.1) is 5.10 Å². The highest BCUT2D eigenvalue weighted by Crippen LogP contribution is 2.47. The van der Waals surface area contributed by atoms with Gasteiger partial charge in [-0.1, -0.05) is 85.0 Å². The molecule has 14 heteroatoms. The molecule has 58 heavy (non-hydrogen) atoms. The summed E-state index contributed by atoms with van der Waals surface area (Å²) in [6.45, 7) is 3.98. The Balaban J connectivity index is 1.01. The Labute approximate surface area is 336 Å². The largest absolute Gasteiger partial charge is 0.395 e. The minimum Gasteiger partial charge on any atom is -0.395 e. The van der Waals surface area contributed by atoms with Crippen LogP contribution in [0.2, 0.25) is 0 Å². The van der Waals surface area contributed by atoms with Crippen LogP contribution in [0.1, 0.15) is 54.5 Å². The lowest BCUT2D eigenvalue weighted by atomic mass is 9.82. The van der Waals surface area contributed by atoms with Gasteiger partial charge in [0.15, 0.2) is 5.60 Å². The summed E-state index contributed by atoms with van der Waals surface area (Å²) < 4.78 is 1.68. The summed E-state index contributed by atoms with van der Waals surface area (Å²) in [6.07, 6.45) is 7.24. The molecule has 3 atom stereocenters. The Bertz CT molecular complexity index is 2330. The second kappa shape index (κ2) is 16.0. The highest BCUT2D eigenvalue weighted by atomic mass is 16.6. The number of aliphatic hydroxyl groups is 2. The molecule has 0 aliphatic carbocycles. The number of carbonyl (C=O) groups is 2. The Morgan fingerprint density at radius 1 is 0.931 bits per heavy atom. The Morgan fingerprint density at radius 2 is 1.66 bits per heavy atom. The van der Waals surface area contributed by atoms with E-state index in [0.29, 0.717) is 49.5 Å². The zero-order valence-electron chi connectivity index (χ0n) is 32.2. The van der Waals surface area contributed by atoms with Gasteiger partial charge in [0.1, 0.15) is 5.54 Å². The monoisotopic (exact) mass is 782 g/mol. The molecule has 1 unspecified atom stereocenters. The third-order valence-electron chi connectivity index (χ3n) is 11.9. The molecule has 0 bridgehead atoms. The number of benzene rings is 4. The predicted octanol–water partition coefficient (Wildman–Crippen LogP) is 5.26. The number of rotatable bonds is 13. The molecule has 0 saturated carbocycles. The molecule has 1 spiro atoms. The van der Waals surface area contributed by atoms with E-state index >= 15 is 0 Å². The number of anilines is 3. The fraction of sp³-hybridized carbons (Fsp3) is 0.318. The third-order valence-corrected chi connectivity index (χ3v) is 11.9. The second-order valence-corrected chi connectivity index (χ2v) is 15.3. The number of amides is 2. The zero-order chi connectivity index (χ0) is 40.4. The first-order valence-corrected chi connectivity index (χ1v) is 19.6. The van der Waals surface area contributed by atoms with Crippen LogP contribution in [0.25, 0.3) is 0 Å². The molecule has 3 aliphatic rings. The van der Waals surface area contributed by atoms with Crippen molar-refractivity contribution >= 4 is 34.6 Å². The van der Waals surface area contributed by atoms with E-state index in [1.807, 2.05) is 95.9 Å². The zero-order valence-corrected chi connectivity index (χ0v) is 32.2. The van der Waals surface area contributed by atoms with Gasteiger partial charge in [0, 0.05) is 47.7 Å². The summed E-state index contributed by atoms with van der Waals surface area (Å²) in [5, 5.41) is 46.1. The van der Waals surface area contributed by atoms with Crippen LogP contribution >= 0.6 is 0 Å². The number of nitrogens with one attached hydrogen (secondary N) is 1. The number of nitrogens with zero attached hydrogens (tertiary/aromatic N) is 7. The molecular formula is C44H46N8O6. The fourth-order valence-electron chi connectivity index (χ4n) is 8.66. The van der Waals surface area contributed by atoms with E-state index in [1.54, 1.807) is 23.9 Å². The summed E-state index contributed by atoms with van der Waals surface area (Å²) in [5.74, 6) is -1.62. The van der Waals surface area contributed by atoms with E-state index in [-0.39, 0.29) is 36.2 Å². The number of aromatic nitrogens is 3. The van der Waals surface area contributed by atoms with Crippen molar-refractivity contribution in [3.63, 3.8) is 0 Å². The number of hydrogen-bond donors (Lipinski definition) is 3. The first-order chi connectivity index (χ1) is 28.1. The summed E-state index contributed by atoms with van der Waals surface area (Å²) in [6, 6.07) is 31.2. The van der Waals surface area contributed by atoms with Gasteiger partial charge in [0.2, 0.25) is 0 Å². The van der Waals surface area contributed by atoms with E-state index in [4.69, 9.17) is 0 Å². The van der Waals surface area contributed by atoms with E-state index in [2.05, 4.69) is 20.5 Å². The van der Waals surface area contributed by atoms with Gasteiger partial charge < -0.3 is 25.3 Å². The summed E-state index contributed by atoms with van der Waals surface area (Å²) in [4.78, 5) is 45.6. The summed E-state index contributed by atoms with van der Waals surface area (Å²) in [5.41, 5.74) is 1.56. The lowest BCUT2D eigenvalue weighted by Gasteiger charge is -2.39. The van der Waals surface area contributed by atoms with Crippen molar-refractivity contribution in [2.45, 2.75) is 56.3 Å². The quantitative estimate of drug-likeness (QED) is 0.0814. The van der Waals surface area contributed by atoms with E-state index in [0.717, 1.165) is 29.9 Å². The number of aryl methyl sites for hydroxylation is 1. The van der Waals surface area contributed by atoms with E-state index in [9.17, 15) is 29.9 Å². The Kier molecular flexibility index (Phi) is 10.6. The normalized spacial score (nSPS) is 19.9. The van der Waals surface area contributed by atoms with Crippen LogP contribution in [0.5, 0.6) is 0 Å². The number of para-hydroxylation sites is 1. The van der Waals surface area contributed by atoms with Gasteiger partial charge >= 0.3 is 0 Å². The van der Waals surface area contributed by atoms with Gasteiger partial charge in [-0.3, -0.25) is 29.3 Å². The van der Waals surface area contributed by atoms with E-state index in [1.165, 1.54) is 23.1 Å². The van der Waals surface area contributed by atoms with Crippen LogP contribution in [0.3, 0.4) is 0 Å². The van der Waals surface area contributed by atoms with Crippen molar-refractivity contribution < 1.29 is 24.7 Å². The SMILES string of the molecule is C[C@H](/C=C/CCn1cc(C(CO)c2ccccc2)nn1)[C@@]1(O)C(=O)N(Cc2cccc(N3CN(c4ccccc4)C4(CCNCC4)C3=O)c2)c2ccc([N+](=O)[O-])cc21. The van der Waals surface area contributed by atoms with E-state index < -0.39 is 27.9 Å². The molecule has 4 heterocycles. The van der Waals surface area contributed by atoms with Crippen molar-refractivity contribution in [2.75, 3.05) is 41.1 Å². The minimum atomic E-state index is -2.08. The number of nitro groups is 1. The number of allylic oxidation sites excluding steroid dienone is 1. The molecule has 3 N–H and O–H groups in total. The minimum absolute atomic E-state index is 0.0330. The summed E-state index contributed by atoms with van der Waals surface area (Å²) >= 11 is 0. The molecule has 2 amide bonds. The molecule has 5 aromatic rings. The molecule has 14 nitrogen and oxygen atoms in total. The standard InChI is InChI=1S/C44H46N8O6/c1-31(11-8-9-24-48-28-39(46-47-48)37(29-53)33-13-4-2-5-14-33)44(56)38-26-36(52(57)58)18-19-40(38)49(42(44)55)27-32-12-10-17-35(25-32)50-30-51(34-15-6-3-7-16-34)43(41(50)54)20-22-45-23-21-43/h2-8,10-19,25-26,28,31,37,45,53,56H,9,20-24,27,29-30H2,1H3/b11-8+/t31-,37?,44+/m1/s1. The number of nitro benzene ring substituents is 1. The molecule has 3 aliphatic heterocycles. The first kappa shape index (κ1) is 38.6. The predicted molar refractivity (Wildman–Crippen MR) is 219 cm³/mol. The van der Waals surface area contributed by atoms with Crippen molar-refractivity contribution in [3.8, 4) is 0 Å². The van der Waals surface area contributed by atoms with Crippen molar-refractivity contribution in [2.24, 2.45) is 5.92 Å². The molecule has 298 valence electrons. The fourth-order valence-corrected chi connectivity index (χ4v) is 8.66. The maximum atomic E-state index is 14.4. The number of aliphatic hydroxyl groups excluding tert-OH is 1. The number of fused-ring (bicyclic) bond motifs is 1. The Hall–Kier alpha value is -6.22. The number of hydrogen-bond acceptors (Lipinski definition) is 10. The lowest BCUT2D eigenvalue weighted by molar-refractivity contribution is -0.385. The molecule has 2 fully saturated rings. The van der Waals surface area contributed by atoms with Gasteiger partial charge in [-0.05, 0) is 73.8 Å². The van der Waals surface area contributed by atoms with Crippen LogP contribution in [0.15, 0.2) is 121 Å². The maximum Gasteiger partial charge on any atom is 0.269 e. The number of carbonyl (C=O) groups excluding carboxylic acids is 2. The second-order valence-electron chi connectivity index (χ2n) is 15.3. The van der Waals surface area contributed by atoms with Crippen molar-refractivity contribution in [3.05, 3.63) is 154 Å². The molecule has 4 aromatic carbocycles. The van der Waals surface area contributed by atoms with Crippen LogP contribution in [-0.4, -0.2) is 73.8 Å². The number of piperidine rings is 1. The van der Waals surface area contributed by atoms with Crippen LogP contribution < -0.4 is 20.0 Å². The Morgan fingerprint density at radius 3 is 2.38 bits per heavy atom. The summed E-state index contributed by atoms with van der Waals surface area (Å²) in [7, 11) is 0. The van der Waals surface area contributed by atoms with Gasteiger partial charge in [0.05, 0.1) is 42.0 Å². The van der Waals surface area contributed by atoms with Gasteiger partial charge in [-0.25, -0.2) is 0 Å². The molecule has 2 saturated heterocycles. The third kappa shape index (κ3) is 6.93. The number of non-ortho nitro benzene ring substituents is 1. The lowest BCUT2D eigenvalue weighted by Crippen LogP contribution is -2.55. The first-order valence-electron chi connectivity index (χ1n) is 19.6. The van der Waals surface area contributed by atoms with Crippen LogP contribution in [0, 0.1) is 16.0 Å². The molecular weight excluding hydrogens is 737 g/mol. The van der Waals surface area contributed by atoms with Gasteiger partial charge in [0.25, 0.3) is 17.5 Å². The smallest absolute Gasteiger partial charge is 0.269 e. The van der Waals surface area contributed by atoms with Crippen LogP contribution in [-0.2, 0) is 28.3 Å². The molecule has 1 aromatic heterocycles. The maximum absolute atomic E-state index is 14.4. The van der Waals surface area contributed by atoms with Crippen LogP contribution in [0.4, 0.5) is 22.7 Å². The van der Waals surface area contributed by atoms with Crippen molar-refractivity contribution in [1.82, 2.24) is 20.3 Å². The topological polar surface area (TPSA) is 170 Å². The molecule has 8 rings (SSSR count). The average Bonchev–Trinajstić information content (AvgIpc) is 3.89. The molecule has 0 radical (unpaired) electrons. The highest BCUT2D eigenvalue weighted by molar-refractivity contribution is 6.08. The highest BCUT2D eigenvalue weighted by Gasteiger charge is 2.54. The van der Waals surface area contributed by atoms with Crippen molar-refractivity contribution in [1.29, 1.82) is 0 Å². The average molecular weight is 783 g/mol.